The van der Waals surface area contributed by atoms with Crippen LogP contribution in [0.15, 0.2) is 30.3 Å². The number of rotatable bonds is 6. The molecule has 1 aromatic rings. The third kappa shape index (κ3) is 3.92. The van der Waals surface area contributed by atoms with Crippen molar-refractivity contribution in [2.75, 3.05) is 20.3 Å². The van der Waals surface area contributed by atoms with Gasteiger partial charge in [0.15, 0.2) is 0 Å². The second-order valence-electron chi connectivity index (χ2n) is 4.37. The summed E-state index contributed by atoms with van der Waals surface area (Å²) in [5.74, 6) is 0. The fraction of sp³-hybridized carbons (Fsp3) is 0.538. The van der Waals surface area contributed by atoms with Gasteiger partial charge in [0.25, 0.3) is 0 Å². The first-order valence-electron chi connectivity index (χ1n) is 6.17. The van der Waals surface area contributed by atoms with Crippen molar-refractivity contribution in [2.24, 2.45) is 0 Å². The lowest BCUT2D eigenvalue weighted by atomic mass is 10.2. The van der Waals surface area contributed by atoms with Gasteiger partial charge in [-0.05, 0) is 18.4 Å². The summed E-state index contributed by atoms with van der Waals surface area (Å²) in [5, 5.41) is 0. The smallest absolute Gasteiger partial charge is 0.334 e. The SMILES string of the molecule is COP(=O)(Cc1ccccc1)OCC1CCCO1. The van der Waals surface area contributed by atoms with Gasteiger partial charge in [0.05, 0.1) is 18.9 Å². The summed E-state index contributed by atoms with van der Waals surface area (Å²) in [6.07, 6.45) is 2.38. The van der Waals surface area contributed by atoms with Crippen molar-refractivity contribution < 1.29 is 18.3 Å². The summed E-state index contributed by atoms with van der Waals surface area (Å²) in [6.45, 7) is 1.11. The monoisotopic (exact) mass is 270 g/mol. The van der Waals surface area contributed by atoms with Crippen molar-refractivity contribution in [3.05, 3.63) is 35.9 Å². The van der Waals surface area contributed by atoms with Crippen molar-refractivity contribution in [1.82, 2.24) is 0 Å². The lowest BCUT2D eigenvalue weighted by molar-refractivity contribution is 0.0615. The van der Waals surface area contributed by atoms with Crippen LogP contribution in [0.1, 0.15) is 18.4 Å². The number of hydrogen-bond acceptors (Lipinski definition) is 4. The van der Waals surface area contributed by atoms with E-state index in [1.165, 1.54) is 7.11 Å². The standard InChI is InChI=1S/C13H19O4P/c1-15-18(14,11-12-6-3-2-4-7-12)17-10-13-8-5-9-16-13/h2-4,6-7,13H,5,8-11H2,1H3. The van der Waals surface area contributed by atoms with E-state index < -0.39 is 7.60 Å². The zero-order valence-corrected chi connectivity index (χ0v) is 11.5. The summed E-state index contributed by atoms with van der Waals surface area (Å²) in [4.78, 5) is 0. The molecule has 1 aromatic carbocycles. The van der Waals surface area contributed by atoms with Crippen LogP contribution in [0.3, 0.4) is 0 Å². The van der Waals surface area contributed by atoms with Crippen molar-refractivity contribution >= 4 is 7.60 Å². The van der Waals surface area contributed by atoms with Crippen molar-refractivity contribution in [3.63, 3.8) is 0 Å². The number of hydrogen-bond donors (Lipinski definition) is 0. The minimum absolute atomic E-state index is 0.0595. The van der Waals surface area contributed by atoms with Crippen molar-refractivity contribution in [3.8, 4) is 0 Å². The molecule has 2 atom stereocenters. The highest BCUT2D eigenvalue weighted by atomic mass is 31.2. The topological polar surface area (TPSA) is 44.8 Å². The molecule has 1 saturated heterocycles. The zero-order chi connectivity index (χ0) is 12.8. The molecule has 1 fully saturated rings. The zero-order valence-electron chi connectivity index (χ0n) is 10.6. The molecule has 100 valence electrons. The molecule has 0 saturated carbocycles. The minimum atomic E-state index is -3.05. The molecule has 0 aromatic heterocycles. The van der Waals surface area contributed by atoms with Gasteiger partial charge in [-0.15, -0.1) is 0 Å². The van der Waals surface area contributed by atoms with Gasteiger partial charge in [-0.2, -0.15) is 0 Å². The molecule has 0 radical (unpaired) electrons. The highest BCUT2D eigenvalue weighted by Gasteiger charge is 2.26. The van der Waals surface area contributed by atoms with Gasteiger partial charge in [-0.3, -0.25) is 4.57 Å². The van der Waals surface area contributed by atoms with Crippen LogP contribution in [0.25, 0.3) is 0 Å². The van der Waals surface area contributed by atoms with Crippen LogP contribution in [0, 0.1) is 0 Å². The average Bonchev–Trinajstić information content (AvgIpc) is 2.91. The van der Waals surface area contributed by atoms with E-state index in [0.717, 1.165) is 25.0 Å². The van der Waals surface area contributed by atoms with E-state index in [4.69, 9.17) is 13.8 Å². The Balaban J connectivity index is 1.90. The molecule has 0 amide bonds. The van der Waals surface area contributed by atoms with Gasteiger partial charge in [0, 0.05) is 13.7 Å². The van der Waals surface area contributed by atoms with Gasteiger partial charge in [0.2, 0.25) is 0 Å². The van der Waals surface area contributed by atoms with Gasteiger partial charge < -0.3 is 13.8 Å². The highest BCUT2D eigenvalue weighted by molar-refractivity contribution is 7.53. The Hall–Kier alpha value is -0.670. The van der Waals surface area contributed by atoms with Crippen LogP contribution in [0.5, 0.6) is 0 Å². The third-order valence-electron chi connectivity index (χ3n) is 2.98. The maximum atomic E-state index is 12.4. The van der Waals surface area contributed by atoms with E-state index in [-0.39, 0.29) is 6.10 Å². The first-order chi connectivity index (χ1) is 8.72. The third-order valence-corrected chi connectivity index (χ3v) is 4.83. The number of ether oxygens (including phenoxy) is 1. The van der Waals surface area contributed by atoms with Crippen molar-refractivity contribution in [2.45, 2.75) is 25.1 Å². The Morgan fingerprint density at radius 2 is 2.17 bits per heavy atom. The Morgan fingerprint density at radius 1 is 1.39 bits per heavy atom. The Bertz CT molecular complexity index is 401. The molecule has 18 heavy (non-hydrogen) atoms. The molecule has 0 N–H and O–H groups in total. The van der Waals surface area contributed by atoms with Crippen molar-refractivity contribution in [1.29, 1.82) is 0 Å². The second-order valence-corrected chi connectivity index (χ2v) is 6.53. The summed E-state index contributed by atoms with van der Waals surface area (Å²) < 4.78 is 28.4. The molecule has 5 heteroatoms. The van der Waals surface area contributed by atoms with E-state index in [1.807, 2.05) is 30.3 Å². The Labute approximate surface area is 108 Å². The average molecular weight is 270 g/mol. The fourth-order valence-electron chi connectivity index (χ4n) is 1.94. The molecule has 2 unspecified atom stereocenters. The van der Waals surface area contributed by atoms with Crippen LogP contribution in [0.2, 0.25) is 0 Å². The quantitative estimate of drug-likeness (QED) is 0.744. The summed E-state index contributed by atoms with van der Waals surface area (Å²) >= 11 is 0. The Kier molecular flexibility index (Phi) is 4.95. The summed E-state index contributed by atoms with van der Waals surface area (Å²) in [7, 11) is -1.62. The molecule has 1 aliphatic heterocycles. The second kappa shape index (κ2) is 6.48. The lowest BCUT2D eigenvalue weighted by Gasteiger charge is -2.18. The van der Waals surface area contributed by atoms with E-state index in [9.17, 15) is 4.57 Å². The molecular formula is C13H19O4P. The summed E-state index contributed by atoms with van der Waals surface area (Å²) in [5.41, 5.74) is 0.954. The van der Waals surface area contributed by atoms with Crippen LogP contribution < -0.4 is 0 Å². The maximum Gasteiger partial charge on any atom is 0.334 e. The lowest BCUT2D eigenvalue weighted by Crippen LogP contribution is -2.13. The van der Waals surface area contributed by atoms with E-state index in [0.29, 0.717) is 12.8 Å². The fourth-order valence-corrected chi connectivity index (χ4v) is 3.32. The predicted molar refractivity (Wildman–Crippen MR) is 69.7 cm³/mol. The van der Waals surface area contributed by atoms with Gasteiger partial charge in [-0.1, -0.05) is 30.3 Å². The Morgan fingerprint density at radius 3 is 2.78 bits per heavy atom. The molecule has 0 aliphatic carbocycles. The number of benzene rings is 1. The van der Waals surface area contributed by atoms with Crippen LogP contribution in [0.4, 0.5) is 0 Å². The molecule has 0 spiro atoms. The molecule has 4 nitrogen and oxygen atoms in total. The first-order valence-corrected chi connectivity index (χ1v) is 7.89. The van der Waals surface area contributed by atoms with E-state index in [2.05, 4.69) is 0 Å². The van der Waals surface area contributed by atoms with Crippen LogP contribution >= 0.6 is 7.60 Å². The highest BCUT2D eigenvalue weighted by Crippen LogP contribution is 2.50. The van der Waals surface area contributed by atoms with E-state index >= 15 is 0 Å². The van der Waals surface area contributed by atoms with Gasteiger partial charge >= 0.3 is 7.60 Å². The molecule has 2 rings (SSSR count). The normalized spacial score (nSPS) is 22.8. The van der Waals surface area contributed by atoms with Crippen LogP contribution in [-0.4, -0.2) is 26.4 Å². The molecule has 0 bridgehead atoms. The van der Waals surface area contributed by atoms with Gasteiger partial charge in [-0.25, -0.2) is 0 Å². The molecule has 1 aliphatic rings. The predicted octanol–water partition coefficient (Wildman–Crippen LogP) is 3.22. The minimum Gasteiger partial charge on any atom is -0.376 e. The molecule has 1 heterocycles. The van der Waals surface area contributed by atoms with Gasteiger partial charge in [0.1, 0.15) is 0 Å². The molecular weight excluding hydrogens is 251 g/mol. The van der Waals surface area contributed by atoms with Crippen LogP contribution in [-0.2, 0) is 24.5 Å². The summed E-state index contributed by atoms with van der Waals surface area (Å²) in [6, 6.07) is 9.58. The van der Waals surface area contributed by atoms with E-state index in [1.54, 1.807) is 0 Å². The first kappa shape index (κ1) is 13.8. The maximum absolute atomic E-state index is 12.4. The largest absolute Gasteiger partial charge is 0.376 e.